The van der Waals surface area contributed by atoms with E-state index in [9.17, 15) is 29.4 Å². The van der Waals surface area contributed by atoms with Gasteiger partial charge < -0.3 is 55.2 Å². The molecule has 3 rings (SSSR count). The number of aromatic nitrogens is 2. The van der Waals surface area contributed by atoms with E-state index in [1.165, 1.54) is 6.07 Å². The first-order valence-corrected chi connectivity index (χ1v) is 19.1. The summed E-state index contributed by atoms with van der Waals surface area (Å²) in [6, 6.07) is 12.0. The number of carboxylic acids is 1. The van der Waals surface area contributed by atoms with Crippen molar-refractivity contribution in [2.24, 2.45) is 0 Å². The summed E-state index contributed by atoms with van der Waals surface area (Å²) in [5.74, 6) is -1.76. The van der Waals surface area contributed by atoms with E-state index in [4.69, 9.17) is 23.7 Å². The van der Waals surface area contributed by atoms with Gasteiger partial charge in [-0.2, -0.15) is 0 Å². The molecule has 17 heteroatoms. The van der Waals surface area contributed by atoms with E-state index in [-0.39, 0.29) is 49.0 Å². The van der Waals surface area contributed by atoms with Crippen LogP contribution >= 0.6 is 0 Å². The number of aromatic hydroxyl groups is 1. The van der Waals surface area contributed by atoms with Crippen LogP contribution in [0.2, 0.25) is 0 Å². The van der Waals surface area contributed by atoms with Crippen molar-refractivity contribution < 1.29 is 53.1 Å². The molecule has 0 spiro atoms. The Hall–Kier alpha value is -5.36. The maximum Gasteiger partial charge on any atom is 0.328 e. The fourth-order valence-corrected chi connectivity index (χ4v) is 5.33. The van der Waals surface area contributed by atoms with Gasteiger partial charge in [-0.1, -0.05) is 18.2 Å². The smallest absolute Gasteiger partial charge is 0.328 e. The number of benzene rings is 2. The van der Waals surface area contributed by atoms with Crippen LogP contribution in [0.1, 0.15) is 63.9 Å². The van der Waals surface area contributed by atoms with Gasteiger partial charge in [0.25, 0.3) is 11.8 Å². The van der Waals surface area contributed by atoms with Crippen molar-refractivity contribution in [1.29, 1.82) is 0 Å². The molecule has 0 saturated heterocycles. The Labute approximate surface area is 333 Å². The Morgan fingerprint density at radius 2 is 1.42 bits per heavy atom. The molecule has 0 saturated carbocycles. The normalized spacial score (nSPS) is 11.4. The van der Waals surface area contributed by atoms with Gasteiger partial charge in [0.15, 0.2) is 0 Å². The minimum atomic E-state index is -1.43. The fraction of sp³-hybridized carbons (Fsp3) is 0.500. The molecule has 0 aliphatic heterocycles. The minimum Gasteiger partial charge on any atom is -0.508 e. The zero-order valence-electron chi connectivity index (χ0n) is 33.0. The number of phenolic OH excluding ortho intramolecular Hbond substituents is 1. The number of carbonyl (C=O) groups excluding carboxylic acids is 3. The Morgan fingerprint density at radius 3 is 2.09 bits per heavy atom. The second kappa shape index (κ2) is 26.5. The van der Waals surface area contributed by atoms with Crippen molar-refractivity contribution in [3.05, 3.63) is 76.6 Å². The lowest BCUT2D eigenvalue weighted by Crippen LogP contribution is -2.48. The standard InChI is InChI=1S/C40H56N6O11/c1-4-53-19-20-55-23-24-56-22-21-54-18-14-35(48)41-16-8-17-57-33-13-6-11-31(26-33)37(49)43-27-34(39(51)52)46-38(50)36-28(2)44-40(45-29(36)3)42-15-7-10-30-9-5-12-32(47)25-30/h5-6,9,11-13,25-26,34,47H,4,7-8,10,14-24,27H2,1-3H3,(H,41,48)(H,43,49)(H,46,50)(H,51,52)(H,42,44,45)/t34-/m0/s1. The molecule has 0 unspecified atom stereocenters. The summed E-state index contributed by atoms with van der Waals surface area (Å²) in [7, 11) is 0. The van der Waals surface area contributed by atoms with Crippen molar-refractivity contribution in [3.8, 4) is 11.5 Å². The van der Waals surface area contributed by atoms with Crippen LogP contribution in [-0.2, 0) is 35.0 Å². The lowest BCUT2D eigenvalue weighted by Gasteiger charge is -2.17. The zero-order chi connectivity index (χ0) is 41.3. The predicted molar refractivity (Wildman–Crippen MR) is 211 cm³/mol. The van der Waals surface area contributed by atoms with Crippen molar-refractivity contribution in [3.63, 3.8) is 0 Å². The Kier molecular flexibility index (Phi) is 21.4. The minimum absolute atomic E-state index is 0.139. The van der Waals surface area contributed by atoms with Crippen LogP contribution in [0.25, 0.3) is 0 Å². The van der Waals surface area contributed by atoms with E-state index in [0.717, 1.165) is 18.4 Å². The maximum atomic E-state index is 13.2. The topological polar surface area (TPSA) is 229 Å². The Balaban J connectivity index is 1.32. The van der Waals surface area contributed by atoms with Gasteiger partial charge in [0, 0.05) is 38.2 Å². The number of carbonyl (C=O) groups is 4. The number of phenols is 1. The quantitative estimate of drug-likeness (QED) is 0.0556. The van der Waals surface area contributed by atoms with E-state index < -0.39 is 23.8 Å². The highest BCUT2D eigenvalue weighted by Gasteiger charge is 2.25. The SMILES string of the molecule is CCOCCOCCOCCOCCC(=O)NCCCOc1cccc(C(=O)NC[C@H](NC(=O)c2c(C)nc(NCCCc3cccc(O)c3)nc2C)C(=O)O)c1. The van der Waals surface area contributed by atoms with E-state index >= 15 is 0 Å². The fourth-order valence-electron chi connectivity index (χ4n) is 5.33. The highest BCUT2D eigenvalue weighted by Crippen LogP contribution is 2.16. The number of amides is 3. The molecule has 17 nitrogen and oxygen atoms in total. The van der Waals surface area contributed by atoms with Crippen molar-refractivity contribution in [1.82, 2.24) is 25.9 Å². The maximum absolute atomic E-state index is 13.2. The van der Waals surface area contributed by atoms with Crippen LogP contribution in [0.3, 0.4) is 0 Å². The summed E-state index contributed by atoms with van der Waals surface area (Å²) >= 11 is 0. The molecule has 3 aromatic rings. The van der Waals surface area contributed by atoms with Crippen LogP contribution in [0.15, 0.2) is 48.5 Å². The monoisotopic (exact) mass is 796 g/mol. The third-order valence-corrected chi connectivity index (χ3v) is 8.21. The lowest BCUT2D eigenvalue weighted by molar-refractivity contribution is -0.139. The first kappa shape index (κ1) is 46.0. The van der Waals surface area contributed by atoms with E-state index in [1.54, 1.807) is 50.2 Å². The number of nitrogens with one attached hydrogen (secondary N) is 4. The number of hydrogen-bond acceptors (Lipinski definition) is 13. The molecule has 0 radical (unpaired) electrons. The summed E-state index contributed by atoms with van der Waals surface area (Å²) in [5.41, 5.74) is 2.09. The van der Waals surface area contributed by atoms with Crippen LogP contribution in [0.5, 0.6) is 11.5 Å². The van der Waals surface area contributed by atoms with Crippen LogP contribution in [0, 0.1) is 13.8 Å². The van der Waals surface area contributed by atoms with E-state index in [1.807, 2.05) is 13.0 Å². The number of aryl methyl sites for hydroxylation is 3. The lowest BCUT2D eigenvalue weighted by atomic mass is 10.1. The van der Waals surface area contributed by atoms with Crippen molar-refractivity contribution in [2.75, 3.05) is 84.4 Å². The van der Waals surface area contributed by atoms with Gasteiger partial charge in [0.1, 0.15) is 17.5 Å². The summed E-state index contributed by atoms with van der Waals surface area (Å²) in [4.78, 5) is 59.0. The second-order valence-electron chi connectivity index (χ2n) is 12.7. The number of aliphatic carboxylic acids is 1. The molecule has 3 amide bonds. The van der Waals surface area contributed by atoms with Crippen LogP contribution in [0.4, 0.5) is 5.95 Å². The zero-order valence-corrected chi connectivity index (χ0v) is 33.0. The third kappa shape index (κ3) is 18.4. The van der Waals surface area contributed by atoms with Gasteiger partial charge in [0.2, 0.25) is 11.9 Å². The highest BCUT2D eigenvalue weighted by molar-refractivity contribution is 5.99. The molecule has 57 heavy (non-hydrogen) atoms. The molecule has 1 aromatic heterocycles. The van der Waals surface area contributed by atoms with Crippen LogP contribution in [-0.4, -0.2) is 129 Å². The van der Waals surface area contributed by atoms with Gasteiger partial charge in [0.05, 0.1) is 69.8 Å². The number of rotatable bonds is 29. The average molecular weight is 797 g/mol. The van der Waals surface area contributed by atoms with Crippen molar-refractivity contribution >= 4 is 29.6 Å². The molecule has 2 aromatic carbocycles. The first-order chi connectivity index (χ1) is 27.6. The number of nitrogens with zero attached hydrogens (tertiary/aromatic N) is 2. The van der Waals surface area contributed by atoms with Gasteiger partial charge in [-0.15, -0.1) is 0 Å². The van der Waals surface area contributed by atoms with Gasteiger partial charge >= 0.3 is 5.97 Å². The van der Waals surface area contributed by atoms with Crippen LogP contribution < -0.4 is 26.0 Å². The molecule has 6 N–H and O–H groups in total. The summed E-state index contributed by atoms with van der Waals surface area (Å²) in [5, 5.41) is 30.4. The number of ether oxygens (including phenoxy) is 5. The first-order valence-electron chi connectivity index (χ1n) is 19.1. The second-order valence-corrected chi connectivity index (χ2v) is 12.7. The molecular formula is C40H56N6O11. The number of carboxylic acid groups (broad SMARTS) is 1. The van der Waals surface area contributed by atoms with E-state index in [2.05, 4.69) is 31.2 Å². The third-order valence-electron chi connectivity index (χ3n) is 8.21. The molecule has 0 aliphatic rings. The van der Waals surface area contributed by atoms with E-state index in [0.29, 0.717) is 88.8 Å². The molecule has 0 bridgehead atoms. The summed E-state index contributed by atoms with van der Waals surface area (Å²) in [6.45, 7) is 9.80. The van der Waals surface area contributed by atoms with Crippen molar-refractivity contribution in [2.45, 2.75) is 52.5 Å². The molecule has 0 aliphatic carbocycles. The predicted octanol–water partition coefficient (Wildman–Crippen LogP) is 2.82. The molecule has 0 fully saturated rings. The molecule has 1 atom stereocenters. The molecule has 1 heterocycles. The summed E-state index contributed by atoms with van der Waals surface area (Å²) in [6.07, 6.45) is 2.22. The molecule has 312 valence electrons. The largest absolute Gasteiger partial charge is 0.508 e. The average Bonchev–Trinajstić information content (AvgIpc) is 3.18. The van der Waals surface area contributed by atoms with Gasteiger partial charge in [-0.3, -0.25) is 14.4 Å². The highest BCUT2D eigenvalue weighted by atomic mass is 16.6. The summed E-state index contributed by atoms with van der Waals surface area (Å²) < 4.78 is 27.1. The Bertz CT molecular complexity index is 1690. The Morgan fingerprint density at radius 1 is 0.754 bits per heavy atom. The van der Waals surface area contributed by atoms with Gasteiger partial charge in [-0.05, 0) is 75.9 Å². The number of anilines is 1. The van der Waals surface area contributed by atoms with Gasteiger partial charge in [-0.25, -0.2) is 14.8 Å². The molecular weight excluding hydrogens is 740 g/mol. The number of hydrogen-bond donors (Lipinski definition) is 6.